The van der Waals surface area contributed by atoms with Crippen molar-refractivity contribution >= 4 is 11.8 Å². The van der Waals surface area contributed by atoms with Crippen molar-refractivity contribution in [1.29, 1.82) is 0 Å². The molecule has 4 aliphatic rings. The summed E-state index contributed by atoms with van der Waals surface area (Å²) < 4.78 is 5.59. The number of aliphatic hydroxyl groups excluding tert-OH is 3. The maximum absolute atomic E-state index is 13.3. The average Bonchev–Trinajstić information content (AvgIpc) is 2.67. The molecule has 2 bridgehead atoms. The van der Waals surface area contributed by atoms with E-state index >= 15 is 0 Å². The summed E-state index contributed by atoms with van der Waals surface area (Å²) in [6, 6.07) is 0. The molecule has 1 spiro atoms. The number of Topliss-reactive ketones (excluding diaryl/α,β-unsaturated/α-hetero) is 1. The van der Waals surface area contributed by atoms with Crippen molar-refractivity contribution in [2.45, 2.75) is 77.8 Å². The predicted octanol–water partition coefficient (Wildman–Crippen LogP) is 1.61. The molecule has 0 aliphatic heterocycles. The van der Waals surface area contributed by atoms with E-state index in [0.717, 1.165) is 0 Å². The average molecular weight is 392 g/mol. The van der Waals surface area contributed by atoms with Gasteiger partial charge in [-0.25, -0.2) is 0 Å². The van der Waals surface area contributed by atoms with Gasteiger partial charge in [0.15, 0.2) is 5.78 Å². The molecule has 3 N–H and O–H groups in total. The van der Waals surface area contributed by atoms with Crippen LogP contribution in [0.3, 0.4) is 0 Å². The number of ketones is 1. The number of hydrogen-bond acceptors (Lipinski definition) is 6. The van der Waals surface area contributed by atoms with Gasteiger partial charge in [-0.15, -0.1) is 0 Å². The van der Waals surface area contributed by atoms with Crippen molar-refractivity contribution in [2.24, 2.45) is 34.0 Å². The molecule has 0 amide bonds. The summed E-state index contributed by atoms with van der Waals surface area (Å²) in [5.41, 5.74) is -1.91. The molecule has 4 aliphatic carbocycles. The third-order valence-corrected chi connectivity index (χ3v) is 8.61. The van der Waals surface area contributed by atoms with E-state index in [1.807, 2.05) is 6.92 Å². The lowest BCUT2D eigenvalue weighted by Gasteiger charge is -2.66. The Morgan fingerprint density at radius 2 is 1.79 bits per heavy atom. The summed E-state index contributed by atoms with van der Waals surface area (Å²) in [7, 11) is 0. The molecular formula is C22H32O6. The number of esters is 1. The highest BCUT2D eigenvalue weighted by molar-refractivity contribution is 6.04. The standard InChI is InChI=1S/C22H32O6/c1-10-13-6-14(24)17-21(5)9-12(28-11(2)23)8-20(3,4)15(21)7-16(25)22(17,18(10)26)19(13)27/h12-17,19,24-25,27H,1,6-9H2,2-5H3/t12-,13-,14+,15+,16+,17-,19+,21+,22+/m0/s1. The van der Waals surface area contributed by atoms with Crippen molar-refractivity contribution in [2.75, 3.05) is 0 Å². The van der Waals surface area contributed by atoms with Crippen LogP contribution in [0.2, 0.25) is 0 Å². The predicted molar refractivity (Wildman–Crippen MR) is 101 cm³/mol. The SMILES string of the molecule is C=C1C(=O)[C@@]23[C@H](O)C[C@@H]4C(C)(C)C[C@H](OC(C)=O)C[C@@]4(C)[C@@H]2[C@H](O)C[C@@H]1[C@H]3O. The first-order valence-electron chi connectivity index (χ1n) is 10.3. The van der Waals surface area contributed by atoms with Crippen LogP contribution in [-0.4, -0.2) is 51.5 Å². The van der Waals surface area contributed by atoms with Crippen LogP contribution in [0.15, 0.2) is 12.2 Å². The van der Waals surface area contributed by atoms with Crippen molar-refractivity contribution in [3.63, 3.8) is 0 Å². The fourth-order valence-electron chi connectivity index (χ4n) is 7.95. The van der Waals surface area contributed by atoms with Gasteiger partial charge in [0, 0.05) is 18.8 Å². The van der Waals surface area contributed by atoms with E-state index in [4.69, 9.17) is 4.74 Å². The number of carbonyl (C=O) groups excluding carboxylic acids is 2. The second-order valence-corrected chi connectivity index (χ2v) is 10.6. The summed E-state index contributed by atoms with van der Waals surface area (Å²) >= 11 is 0. The Morgan fingerprint density at radius 1 is 1.14 bits per heavy atom. The van der Waals surface area contributed by atoms with Crippen LogP contribution in [0.4, 0.5) is 0 Å². The van der Waals surface area contributed by atoms with E-state index in [0.29, 0.717) is 24.8 Å². The molecule has 4 saturated carbocycles. The quantitative estimate of drug-likeness (QED) is 0.463. The molecule has 28 heavy (non-hydrogen) atoms. The Bertz CT molecular complexity index is 743. The van der Waals surface area contributed by atoms with Crippen molar-refractivity contribution in [1.82, 2.24) is 0 Å². The third-order valence-electron chi connectivity index (χ3n) is 8.61. The molecule has 0 saturated heterocycles. The minimum Gasteiger partial charge on any atom is -0.463 e. The number of ether oxygens (including phenoxy) is 1. The first-order valence-corrected chi connectivity index (χ1v) is 10.3. The van der Waals surface area contributed by atoms with Crippen molar-refractivity contribution in [3.8, 4) is 0 Å². The van der Waals surface area contributed by atoms with E-state index in [9.17, 15) is 24.9 Å². The molecule has 0 heterocycles. The lowest BCUT2D eigenvalue weighted by atomic mass is 9.39. The van der Waals surface area contributed by atoms with Gasteiger partial charge in [0.25, 0.3) is 0 Å². The summed E-state index contributed by atoms with van der Waals surface area (Å²) in [6.45, 7) is 11.5. The van der Waals surface area contributed by atoms with Gasteiger partial charge in [0.05, 0.1) is 23.7 Å². The fraction of sp³-hybridized carbons (Fsp3) is 0.818. The van der Waals surface area contributed by atoms with E-state index in [2.05, 4.69) is 20.4 Å². The van der Waals surface area contributed by atoms with E-state index in [1.165, 1.54) is 6.92 Å². The highest BCUT2D eigenvalue weighted by Crippen LogP contribution is 2.71. The maximum atomic E-state index is 13.3. The van der Waals surface area contributed by atoms with Gasteiger partial charge in [-0.2, -0.15) is 0 Å². The summed E-state index contributed by atoms with van der Waals surface area (Å²) in [4.78, 5) is 25.0. The molecule has 9 atom stereocenters. The van der Waals surface area contributed by atoms with Crippen LogP contribution in [0.5, 0.6) is 0 Å². The molecule has 6 heteroatoms. The van der Waals surface area contributed by atoms with Crippen molar-refractivity contribution < 1.29 is 29.6 Å². The molecule has 0 unspecified atom stereocenters. The molecule has 156 valence electrons. The van der Waals surface area contributed by atoms with Crippen LogP contribution in [-0.2, 0) is 14.3 Å². The second-order valence-electron chi connectivity index (χ2n) is 10.6. The lowest BCUT2D eigenvalue weighted by molar-refractivity contribution is -0.260. The summed E-state index contributed by atoms with van der Waals surface area (Å²) in [6.07, 6.45) is -1.39. The monoisotopic (exact) mass is 392 g/mol. The van der Waals surface area contributed by atoms with Crippen LogP contribution in [0.25, 0.3) is 0 Å². The van der Waals surface area contributed by atoms with Crippen LogP contribution < -0.4 is 0 Å². The molecule has 4 rings (SSSR count). The maximum Gasteiger partial charge on any atom is 0.302 e. The van der Waals surface area contributed by atoms with Gasteiger partial charge in [-0.05, 0) is 48.0 Å². The summed E-state index contributed by atoms with van der Waals surface area (Å²) in [5, 5.41) is 33.5. The highest BCUT2D eigenvalue weighted by atomic mass is 16.5. The van der Waals surface area contributed by atoms with Gasteiger partial charge in [0.1, 0.15) is 6.10 Å². The molecule has 4 fully saturated rings. The lowest BCUT2D eigenvalue weighted by Crippen LogP contribution is -2.71. The molecule has 0 radical (unpaired) electrons. The Hall–Kier alpha value is -1.24. The van der Waals surface area contributed by atoms with Gasteiger partial charge < -0.3 is 20.1 Å². The van der Waals surface area contributed by atoms with E-state index in [-0.39, 0.29) is 35.6 Å². The van der Waals surface area contributed by atoms with Crippen molar-refractivity contribution in [3.05, 3.63) is 12.2 Å². The third kappa shape index (κ3) is 2.25. The van der Waals surface area contributed by atoms with Gasteiger partial charge >= 0.3 is 5.97 Å². The van der Waals surface area contributed by atoms with Crippen LogP contribution in [0, 0.1) is 34.0 Å². The number of carbonyl (C=O) groups is 2. The molecular weight excluding hydrogens is 360 g/mol. The molecule has 0 aromatic carbocycles. The summed E-state index contributed by atoms with van der Waals surface area (Å²) in [5.74, 6) is -1.73. The zero-order valence-corrected chi connectivity index (χ0v) is 17.1. The van der Waals surface area contributed by atoms with Crippen LogP contribution >= 0.6 is 0 Å². The molecule has 0 aromatic rings. The van der Waals surface area contributed by atoms with E-state index < -0.39 is 41.0 Å². The topological polar surface area (TPSA) is 104 Å². The van der Waals surface area contributed by atoms with Crippen LogP contribution in [0.1, 0.15) is 53.4 Å². The number of fused-ring (bicyclic) bond motifs is 3. The number of aliphatic hydroxyl groups is 3. The van der Waals surface area contributed by atoms with Gasteiger partial charge in [-0.1, -0.05) is 27.4 Å². The van der Waals surface area contributed by atoms with Gasteiger partial charge in [0.2, 0.25) is 0 Å². The Morgan fingerprint density at radius 3 is 2.39 bits per heavy atom. The first-order chi connectivity index (χ1) is 12.9. The van der Waals surface area contributed by atoms with E-state index in [1.54, 1.807) is 0 Å². The largest absolute Gasteiger partial charge is 0.463 e. The molecule has 0 aromatic heterocycles. The normalized spacial score (nSPS) is 52.0. The Labute approximate surface area is 166 Å². The Balaban J connectivity index is 1.86. The molecule has 6 nitrogen and oxygen atoms in total. The zero-order chi connectivity index (χ0) is 20.8. The minimum atomic E-state index is -1.42. The highest BCUT2D eigenvalue weighted by Gasteiger charge is 2.76. The smallest absolute Gasteiger partial charge is 0.302 e. The number of rotatable bonds is 1. The Kier molecular flexibility index (Phi) is 4.22. The second kappa shape index (κ2) is 5.89. The fourth-order valence-corrected chi connectivity index (χ4v) is 7.95. The van der Waals surface area contributed by atoms with Gasteiger partial charge in [-0.3, -0.25) is 9.59 Å². The first kappa shape index (κ1) is 20.0. The minimum absolute atomic E-state index is 0.0255. The zero-order valence-electron chi connectivity index (χ0n) is 17.1. The number of hydrogen-bond donors (Lipinski definition) is 3.